The van der Waals surface area contributed by atoms with Crippen molar-refractivity contribution in [3.8, 4) is 0 Å². The van der Waals surface area contributed by atoms with Crippen LogP contribution in [0.15, 0.2) is 13.6 Å². The Bertz CT molecular complexity index is 384. The van der Waals surface area contributed by atoms with Crippen LogP contribution in [0.25, 0.3) is 0 Å². The first-order chi connectivity index (χ1) is 8.08. The molecule has 96 valence electrons. The molecule has 0 aliphatic rings. The summed E-state index contributed by atoms with van der Waals surface area (Å²) in [5, 5.41) is 2.95. The van der Waals surface area contributed by atoms with Gasteiger partial charge in [0, 0.05) is 12.4 Å². The van der Waals surface area contributed by atoms with E-state index in [1.54, 1.807) is 0 Å². The summed E-state index contributed by atoms with van der Waals surface area (Å²) in [5.74, 6) is 1.06. The fourth-order valence-electron chi connectivity index (χ4n) is 1.43. The second-order valence-corrected chi connectivity index (χ2v) is 7.83. The van der Waals surface area contributed by atoms with Crippen molar-refractivity contribution in [1.29, 1.82) is 0 Å². The monoisotopic (exact) mass is 401 g/mol. The first-order valence-electron chi connectivity index (χ1n) is 5.37. The Morgan fingerprint density at radius 2 is 2.29 bits per heavy atom. The lowest BCUT2D eigenvalue weighted by Crippen LogP contribution is -2.29. The van der Waals surface area contributed by atoms with Gasteiger partial charge in [0.1, 0.15) is 0 Å². The lowest BCUT2D eigenvalue weighted by atomic mass is 10.0. The molecule has 1 aromatic heterocycles. The molecule has 0 aliphatic heterocycles. The Kier molecular flexibility index (Phi) is 7.07. The Morgan fingerprint density at radius 3 is 2.76 bits per heavy atom. The largest absolute Gasteiger partial charge is 0.352 e. The molecule has 1 rings (SSSR count). The summed E-state index contributed by atoms with van der Waals surface area (Å²) in [6.45, 7) is 2.79. The van der Waals surface area contributed by atoms with E-state index in [0.717, 1.165) is 20.4 Å². The van der Waals surface area contributed by atoms with Crippen LogP contribution in [0.3, 0.4) is 0 Å². The van der Waals surface area contributed by atoms with E-state index in [-0.39, 0.29) is 5.91 Å². The summed E-state index contributed by atoms with van der Waals surface area (Å²) in [5.41, 5.74) is 0.683. The second-order valence-electron chi connectivity index (χ2n) is 3.70. The van der Waals surface area contributed by atoms with Gasteiger partial charge in [-0.25, -0.2) is 0 Å². The summed E-state index contributed by atoms with van der Waals surface area (Å²) in [4.78, 5) is 11.9. The van der Waals surface area contributed by atoms with Crippen LogP contribution in [0, 0.1) is 5.92 Å². The molecule has 1 atom stereocenters. The molecule has 1 heterocycles. The van der Waals surface area contributed by atoms with Crippen molar-refractivity contribution >= 4 is 60.7 Å². The Labute approximate surface area is 127 Å². The van der Waals surface area contributed by atoms with Crippen molar-refractivity contribution in [3.05, 3.63) is 19.2 Å². The third-order valence-corrected chi connectivity index (χ3v) is 5.10. The number of carbonyl (C=O) groups is 1. The highest BCUT2D eigenvalue weighted by Crippen LogP contribution is 2.31. The number of rotatable bonds is 6. The first kappa shape index (κ1) is 15.5. The Hall–Kier alpha value is 0.420. The molecule has 1 N–H and O–H groups in total. The van der Waals surface area contributed by atoms with Crippen molar-refractivity contribution in [2.24, 2.45) is 5.92 Å². The smallest absolute Gasteiger partial charge is 0.253 e. The van der Waals surface area contributed by atoms with Crippen LogP contribution in [0.2, 0.25) is 0 Å². The van der Waals surface area contributed by atoms with Crippen LogP contribution in [0.4, 0.5) is 0 Å². The molecule has 0 aromatic carbocycles. The zero-order chi connectivity index (χ0) is 12.8. The van der Waals surface area contributed by atoms with E-state index < -0.39 is 0 Å². The van der Waals surface area contributed by atoms with Crippen LogP contribution in [-0.2, 0) is 0 Å². The molecule has 0 spiro atoms. The van der Waals surface area contributed by atoms with Crippen LogP contribution in [0.5, 0.6) is 0 Å². The van der Waals surface area contributed by atoms with Crippen molar-refractivity contribution in [2.75, 3.05) is 12.4 Å². The third-order valence-electron chi connectivity index (χ3n) is 2.55. The van der Waals surface area contributed by atoms with Crippen molar-refractivity contribution < 1.29 is 4.79 Å². The maximum absolute atomic E-state index is 11.9. The number of carbonyl (C=O) groups excluding carboxylic acids is 1. The summed E-state index contributed by atoms with van der Waals surface area (Å²) in [6.07, 6.45) is 1.97. The minimum atomic E-state index is -0.0353. The molecule has 0 bridgehead atoms. The van der Waals surface area contributed by atoms with Gasteiger partial charge < -0.3 is 5.32 Å². The highest BCUT2D eigenvalue weighted by atomic mass is 79.9. The highest BCUT2D eigenvalue weighted by molar-refractivity contribution is 9.12. The average molecular weight is 404 g/mol. The van der Waals surface area contributed by atoms with Crippen molar-refractivity contribution in [3.63, 3.8) is 0 Å². The molecule has 1 amide bonds. The van der Waals surface area contributed by atoms with Gasteiger partial charge >= 0.3 is 0 Å². The summed E-state index contributed by atoms with van der Waals surface area (Å²) in [6, 6.07) is 1.83. The molecule has 1 aromatic rings. The summed E-state index contributed by atoms with van der Waals surface area (Å²) < 4.78 is 1.80. The summed E-state index contributed by atoms with van der Waals surface area (Å²) >= 11 is 14.0. The van der Waals surface area contributed by atoms with E-state index in [1.165, 1.54) is 11.3 Å². The normalized spacial score (nSPS) is 12.5. The predicted molar refractivity (Wildman–Crippen MR) is 81.2 cm³/mol. The number of thiophene rings is 1. The van der Waals surface area contributed by atoms with E-state index in [2.05, 4.69) is 44.1 Å². The van der Waals surface area contributed by atoms with Crippen molar-refractivity contribution in [2.45, 2.75) is 19.8 Å². The molecule has 0 saturated heterocycles. The molecule has 0 radical (unpaired) electrons. The second kappa shape index (κ2) is 7.77. The topological polar surface area (TPSA) is 29.1 Å². The van der Waals surface area contributed by atoms with E-state index in [0.29, 0.717) is 23.9 Å². The van der Waals surface area contributed by atoms with Gasteiger partial charge in [-0.1, -0.05) is 13.3 Å². The highest BCUT2D eigenvalue weighted by Gasteiger charge is 2.14. The number of amides is 1. The molecule has 0 fully saturated rings. The number of alkyl halides is 1. The zero-order valence-corrected chi connectivity index (χ0v) is 14.2. The molecule has 6 heteroatoms. The molecular formula is C11H14Br2ClNOS. The molecule has 1 unspecified atom stereocenters. The van der Waals surface area contributed by atoms with Crippen molar-refractivity contribution in [1.82, 2.24) is 5.32 Å². The van der Waals surface area contributed by atoms with Gasteiger partial charge in [-0.2, -0.15) is 0 Å². The van der Waals surface area contributed by atoms with Gasteiger partial charge in [-0.3, -0.25) is 4.79 Å². The maximum atomic E-state index is 11.9. The van der Waals surface area contributed by atoms with Gasteiger partial charge in [0.05, 0.1) is 13.1 Å². The number of nitrogens with one attached hydrogen (secondary N) is 1. The molecule has 0 saturated carbocycles. The molecule has 17 heavy (non-hydrogen) atoms. The first-order valence-corrected chi connectivity index (χ1v) is 8.31. The molecular weight excluding hydrogens is 389 g/mol. The lowest BCUT2D eigenvalue weighted by Gasteiger charge is -2.13. The van der Waals surface area contributed by atoms with Crippen LogP contribution >= 0.6 is 54.8 Å². The average Bonchev–Trinajstić information content (AvgIpc) is 2.63. The Balaban J connectivity index is 2.52. The van der Waals surface area contributed by atoms with E-state index in [9.17, 15) is 4.79 Å². The third kappa shape index (κ3) is 4.89. The number of halogens is 3. The maximum Gasteiger partial charge on any atom is 0.253 e. The van der Waals surface area contributed by atoms with Gasteiger partial charge in [-0.15, -0.1) is 22.9 Å². The standard InChI is InChI=1S/C11H14Br2ClNOS/c1-2-7(3-4-14)6-15-11(16)8-5-9(12)17-10(8)13/h5,7H,2-4,6H2,1H3,(H,15,16). The van der Waals surface area contributed by atoms with Crippen LogP contribution < -0.4 is 5.32 Å². The molecule has 2 nitrogen and oxygen atoms in total. The predicted octanol–water partition coefficient (Wildman–Crippen LogP) is 4.66. The minimum Gasteiger partial charge on any atom is -0.352 e. The fraction of sp³-hybridized carbons (Fsp3) is 0.545. The zero-order valence-electron chi connectivity index (χ0n) is 9.43. The fourth-order valence-corrected chi connectivity index (χ4v) is 4.53. The Morgan fingerprint density at radius 1 is 1.59 bits per heavy atom. The van der Waals surface area contributed by atoms with E-state index >= 15 is 0 Å². The summed E-state index contributed by atoms with van der Waals surface area (Å²) in [7, 11) is 0. The lowest BCUT2D eigenvalue weighted by molar-refractivity contribution is 0.0946. The van der Waals surface area contributed by atoms with E-state index in [1.807, 2.05) is 6.07 Å². The minimum absolute atomic E-state index is 0.0353. The van der Waals surface area contributed by atoms with Gasteiger partial charge in [0.2, 0.25) is 0 Å². The quantitative estimate of drug-likeness (QED) is 0.688. The van der Waals surface area contributed by atoms with Gasteiger partial charge in [-0.05, 0) is 50.3 Å². The van der Waals surface area contributed by atoms with Gasteiger partial charge in [0.25, 0.3) is 5.91 Å². The van der Waals surface area contributed by atoms with Crippen LogP contribution in [0.1, 0.15) is 30.1 Å². The number of hydrogen-bond acceptors (Lipinski definition) is 2. The van der Waals surface area contributed by atoms with Crippen LogP contribution in [-0.4, -0.2) is 18.3 Å². The SMILES string of the molecule is CCC(CCCl)CNC(=O)c1cc(Br)sc1Br. The van der Waals surface area contributed by atoms with Gasteiger partial charge in [0.15, 0.2) is 0 Å². The van der Waals surface area contributed by atoms with E-state index in [4.69, 9.17) is 11.6 Å². The number of hydrogen-bond donors (Lipinski definition) is 1. The molecule has 0 aliphatic carbocycles.